The Kier molecular flexibility index (Phi) is 6.69. The third-order valence-corrected chi connectivity index (χ3v) is 4.65. The van der Waals surface area contributed by atoms with Gasteiger partial charge in [0, 0.05) is 30.9 Å². The largest absolute Gasteiger partial charge is 0.496 e. The first-order valence-electron chi connectivity index (χ1n) is 8.97. The number of carbonyl (C=O) groups is 1. The van der Waals surface area contributed by atoms with E-state index in [9.17, 15) is 14.9 Å². The minimum Gasteiger partial charge on any atom is -0.496 e. The van der Waals surface area contributed by atoms with Crippen molar-refractivity contribution in [1.82, 2.24) is 25.0 Å². The van der Waals surface area contributed by atoms with Crippen LogP contribution in [0.5, 0.6) is 5.75 Å². The van der Waals surface area contributed by atoms with Gasteiger partial charge in [0.1, 0.15) is 11.4 Å². The minimum absolute atomic E-state index is 0.208. The standard InChI is InChI=1S/C18H20N6O5S/c1-28-7-3-6-23-16(25)14(20-18(23)30)9-12-4-5-15(29-2)13(8-12)10-22-11-19-17(21-22)24(26)27/h4-5,8-9,11H,3,6-7,10H2,1-2H3,(H,20,30)/b14-9-. The SMILES string of the molecule is COCCCN1C(=O)/C(=C/c2ccc(OC)c(Cn3cnc([N+](=O)[O-])n3)c2)NC1=S. The number of thiocarbonyl (C=S) groups is 1. The lowest BCUT2D eigenvalue weighted by Gasteiger charge is -2.13. The van der Waals surface area contributed by atoms with Crippen molar-refractivity contribution in [2.24, 2.45) is 0 Å². The van der Waals surface area contributed by atoms with Crippen molar-refractivity contribution in [3.05, 3.63) is 51.5 Å². The number of hydrogen-bond donors (Lipinski definition) is 1. The van der Waals surface area contributed by atoms with Crippen molar-refractivity contribution in [2.75, 3.05) is 27.4 Å². The van der Waals surface area contributed by atoms with Crippen LogP contribution in [-0.2, 0) is 16.1 Å². The average molecular weight is 432 g/mol. The highest BCUT2D eigenvalue weighted by Crippen LogP contribution is 2.23. The van der Waals surface area contributed by atoms with Crippen LogP contribution < -0.4 is 10.1 Å². The number of rotatable bonds is 9. The average Bonchev–Trinajstić information content (AvgIpc) is 3.28. The molecule has 30 heavy (non-hydrogen) atoms. The van der Waals surface area contributed by atoms with Gasteiger partial charge in [0.05, 0.1) is 13.7 Å². The summed E-state index contributed by atoms with van der Waals surface area (Å²) in [4.78, 5) is 27.9. The zero-order chi connectivity index (χ0) is 21.7. The summed E-state index contributed by atoms with van der Waals surface area (Å²) in [6.45, 7) is 1.21. The molecule has 3 rings (SSSR count). The van der Waals surface area contributed by atoms with Crippen LogP contribution in [0.3, 0.4) is 0 Å². The molecule has 1 aromatic carbocycles. The summed E-state index contributed by atoms with van der Waals surface area (Å²) in [6, 6.07) is 5.36. The number of aromatic nitrogens is 3. The van der Waals surface area contributed by atoms with Crippen LogP contribution in [0, 0.1) is 10.1 Å². The molecule has 0 radical (unpaired) electrons. The van der Waals surface area contributed by atoms with E-state index < -0.39 is 10.9 Å². The molecule has 158 valence electrons. The van der Waals surface area contributed by atoms with Gasteiger partial charge in [-0.05, 0) is 47.3 Å². The van der Waals surface area contributed by atoms with Crippen molar-refractivity contribution >= 4 is 35.3 Å². The van der Waals surface area contributed by atoms with Crippen LogP contribution in [0.25, 0.3) is 6.08 Å². The molecule has 0 atom stereocenters. The van der Waals surface area contributed by atoms with Gasteiger partial charge in [0.2, 0.25) is 6.33 Å². The molecule has 2 heterocycles. The van der Waals surface area contributed by atoms with Gasteiger partial charge in [0.25, 0.3) is 5.91 Å². The van der Waals surface area contributed by atoms with Crippen LogP contribution in [0.2, 0.25) is 0 Å². The Hall–Kier alpha value is -3.38. The highest BCUT2D eigenvalue weighted by molar-refractivity contribution is 7.80. The van der Waals surface area contributed by atoms with Crippen molar-refractivity contribution in [3.8, 4) is 5.75 Å². The molecule has 0 spiro atoms. The summed E-state index contributed by atoms with van der Waals surface area (Å²) in [6.07, 6.45) is 3.65. The summed E-state index contributed by atoms with van der Waals surface area (Å²) >= 11 is 5.25. The fraction of sp³-hybridized carbons (Fsp3) is 0.333. The molecule has 1 fully saturated rings. The molecule has 1 aliphatic rings. The van der Waals surface area contributed by atoms with E-state index in [-0.39, 0.29) is 12.5 Å². The predicted octanol–water partition coefficient (Wildman–Crippen LogP) is 1.34. The highest BCUT2D eigenvalue weighted by atomic mass is 32.1. The molecule has 11 nitrogen and oxygen atoms in total. The normalized spacial score (nSPS) is 15.0. The smallest absolute Gasteiger partial charge is 0.490 e. The number of amides is 1. The number of ether oxygens (including phenoxy) is 2. The molecule has 0 aliphatic carbocycles. The van der Waals surface area contributed by atoms with Crippen molar-refractivity contribution in [2.45, 2.75) is 13.0 Å². The number of methoxy groups -OCH3 is 2. The van der Waals surface area contributed by atoms with Crippen LogP contribution in [0.1, 0.15) is 17.5 Å². The second-order valence-corrected chi connectivity index (χ2v) is 6.75. The van der Waals surface area contributed by atoms with Crippen molar-refractivity contribution in [1.29, 1.82) is 0 Å². The van der Waals surface area contributed by atoms with Crippen LogP contribution in [0.15, 0.2) is 30.2 Å². The van der Waals surface area contributed by atoms with Crippen molar-refractivity contribution in [3.63, 3.8) is 0 Å². The first kappa shape index (κ1) is 21.3. The van der Waals surface area contributed by atoms with Crippen molar-refractivity contribution < 1.29 is 19.2 Å². The van der Waals surface area contributed by atoms with Crippen LogP contribution >= 0.6 is 12.2 Å². The van der Waals surface area contributed by atoms with Gasteiger partial charge in [-0.2, -0.15) is 4.68 Å². The quantitative estimate of drug-likeness (QED) is 0.205. The van der Waals surface area contributed by atoms with E-state index in [1.807, 2.05) is 6.07 Å². The zero-order valence-corrected chi connectivity index (χ0v) is 17.2. The monoisotopic (exact) mass is 432 g/mol. The number of nitro groups is 1. The maximum atomic E-state index is 12.6. The van der Waals surface area contributed by atoms with Crippen LogP contribution in [-0.4, -0.2) is 63.0 Å². The van der Waals surface area contributed by atoms with Gasteiger partial charge < -0.3 is 24.9 Å². The molecule has 1 N–H and O–H groups in total. The molecule has 1 aliphatic heterocycles. The predicted molar refractivity (Wildman–Crippen MR) is 111 cm³/mol. The Labute approximate surface area is 177 Å². The number of carbonyl (C=O) groups excluding carboxylic acids is 1. The Bertz CT molecular complexity index is 1000. The van der Waals surface area contributed by atoms with Crippen LogP contribution in [0.4, 0.5) is 5.95 Å². The number of benzene rings is 1. The van der Waals surface area contributed by atoms with E-state index >= 15 is 0 Å². The molecule has 1 aromatic heterocycles. The fourth-order valence-corrected chi connectivity index (χ4v) is 3.22. The number of hydrogen-bond acceptors (Lipinski definition) is 8. The maximum Gasteiger partial charge on any atom is 0.490 e. The summed E-state index contributed by atoms with van der Waals surface area (Å²) in [5.41, 5.74) is 1.82. The summed E-state index contributed by atoms with van der Waals surface area (Å²) in [5, 5.41) is 17.9. The molecule has 12 heteroatoms. The minimum atomic E-state index is -0.659. The molecule has 0 unspecified atom stereocenters. The molecule has 1 amide bonds. The molecule has 1 saturated heterocycles. The summed E-state index contributed by atoms with van der Waals surface area (Å²) in [7, 11) is 3.13. The third kappa shape index (κ3) is 4.78. The fourth-order valence-electron chi connectivity index (χ4n) is 2.94. The molecule has 2 aromatic rings. The Morgan fingerprint density at radius 2 is 2.17 bits per heavy atom. The molecular weight excluding hydrogens is 412 g/mol. The lowest BCUT2D eigenvalue weighted by molar-refractivity contribution is -0.394. The molecule has 0 saturated carbocycles. The zero-order valence-electron chi connectivity index (χ0n) is 16.4. The first-order chi connectivity index (χ1) is 14.4. The Balaban J connectivity index is 1.81. The lowest BCUT2D eigenvalue weighted by atomic mass is 10.1. The summed E-state index contributed by atoms with van der Waals surface area (Å²) < 4.78 is 11.7. The van der Waals surface area contributed by atoms with E-state index in [0.717, 1.165) is 11.1 Å². The Morgan fingerprint density at radius 3 is 2.83 bits per heavy atom. The first-order valence-corrected chi connectivity index (χ1v) is 9.38. The molecule has 0 bridgehead atoms. The van der Waals surface area contributed by atoms with E-state index in [4.69, 9.17) is 21.7 Å². The topological polar surface area (TPSA) is 125 Å². The molecular formula is C18H20N6O5S. The van der Waals surface area contributed by atoms with Gasteiger partial charge in [-0.3, -0.25) is 9.69 Å². The van der Waals surface area contributed by atoms with E-state index in [1.54, 1.807) is 25.3 Å². The van der Waals surface area contributed by atoms with Gasteiger partial charge >= 0.3 is 5.95 Å². The summed E-state index contributed by atoms with van der Waals surface area (Å²) in [5.74, 6) is -0.104. The maximum absolute atomic E-state index is 12.6. The Morgan fingerprint density at radius 1 is 1.37 bits per heavy atom. The van der Waals surface area contributed by atoms with E-state index in [1.165, 1.54) is 23.0 Å². The highest BCUT2D eigenvalue weighted by Gasteiger charge is 2.30. The van der Waals surface area contributed by atoms with Gasteiger partial charge in [-0.25, -0.2) is 0 Å². The number of nitrogens with one attached hydrogen (secondary N) is 1. The second-order valence-electron chi connectivity index (χ2n) is 6.36. The number of nitrogens with zero attached hydrogens (tertiary/aromatic N) is 5. The van der Waals surface area contributed by atoms with Gasteiger partial charge in [-0.15, -0.1) is 0 Å². The van der Waals surface area contributed by atoms with E-state index in [2.05, 4.69) is 15.4 Å². The van der Waals surface area contributed by atoms with E-state index in [0.29, 0.717) is 36.1 Å². The lowest BCUT2D eigenvalue weighted by Crippen LogP contribution is -2.32. The van der Waals surface area contributed by atoms with Gasteiger partial charge in [0.15, 0.2) is 5.11 Å². The third-order valence-electron chi connectivity index (χ3n) is 4.33. The van der Waals surface area contributed by atoms with Gasteiger partial charge in [-0.1, -0.05) is 11.1 Å². The second kappa shape index (κ2) is 9.41.